The van der Waals surface area contributed by atoms with Crippen molar-refractivity contribution >= 4 is 23.4 Å². The summed E-state index contributed by atoms with van der Waals surface area (Å²) in [6.45, 7) is 0. The fourth-order valence-corrected chi connectivity index (χ4v) is 1.37. The molecular weight excluding hydrogens is 236 g/mol. The van der Waals surface area contributed by atoms with E-state index in [9.17, 15) is 9.59 Å². The number of rotatable bonds is 3. The van der Waals surface area contributed by atoms with Gasteiger partial charge in [-0.25, -0.2) is 4.79 Å². The van der Waals surface area contributed by atoms with Gasteiger partial charge in [0.2, 0.25) is 0 Å². The molecule has 0 saturated carbocycles. The fourth-order valence-electron chi connectivity index (χ4n) is 1.37. The van der Waals surface area contributed by atoms with Crippen molar-refractivity contribution in [3.63, 3.8) is 0 Å². The highest BCUT2D eigenvalue weighted by Crippen LogP contribution is 2.13. The van der Waals surface area contributed by atoms with Crippen molar-refractivity contribution in [2.45, 2.75) is 0 Å². The summed E-state index contributed by atoms with van der Waals surface area (Å²) in [5, 5.41) is 17.4. The zero-order valence-electron chi connectivity index (χ0n) is 9.18. The van der Waals surface area contributed by atoms with Crippen LogP contribution in [0, 0.1) is 0 Å². The number of nitrogens with two attached hydrogens (primary N) is 1. The number of carboxylic acid groups (broad SMARTS) is 1. The van der Waals surface area contributed by atoms with Gasteiger partial charge in [0.1, 0.15) is 11.4 Å². The van der Waals surface area contributed by atoms with Crippen molar-refractivity contribution in [3.05, 3.63) is 41.6 Å². The third kappa shape index (κ3) is 2.29. The monoisotopic (exact) mass is 246 g/mol. The Labute approximate surface area is 102 Å². The van der Waals surface area contributed by atoms with Crippen molar-refractivity contribution in [1.82, 2.24) is 10.2 Å². The Morgan fingerprint density at radius 3 is 2.44 bits per heavy atom. The highest BCUT2D eigenvalue weighted by molar-refractivity contribution is 6.07. The van der Waals surface area contributed by atoms with E-state index >= 15 is 0 Å². The molecule has 0 bridgehead atoms. The molecule has 0 radical (unpaired) electrons. The number of hydrogen-bond acceptors (Lipinski definition) is 4. The molecule has 5 N–H and O–H groups in total. The van der Waals surface area contributed by atoms with Crippen molar-refractivity contribution in [1.29, 1.82) is 0 Å². The van der Waals surface area contributed by atoms with Gasteiger partial charge in [-0.05, 0) is 24.3 Å². The van der Waals surface area contributed by atoms with E-state index in [-0.39, 0.29) is 16.9 Å². The molecular formula is C11H10N4O3. The lowest BCUT2D eigenvalue weighted by Crippen LogP contribution is -2.13. The number of nitrogens with zero attached hydrogens (tertiary/aromatic N) is 1. The fraction of sp³-hybridized carbons (Fsp3) is 0. The summed E-state index contributed by atoms with van der Waals surface area (Å²) in [6, 6.07) is 5.79. The Bertz CT molecular complexity index is 589. The zero-order valence-corrected chi connectivity index (χ0v) is 9.18. The average Bonchev–Trinajstić information content (AvgIpc) is 2.76. The molecule has 0 saturated heterocycles. The number of aromatic amines is 1. The quantitative estimate of drug-likeness (QED) is 0.642. The predicted molar refractivity (Wildman–Crippen MR) is 64.4 cm³/mol. The van der Waals surface area contributed by atoms with Crippen LogP contribution in [-0.4, -0.2) is 27.2 Å². The van der Waals surface area contributed by atoms with Gasteiger partial charge in [0.25, 0.3) is 5.91 Å². The summed E-state index contributed by atoms with van der Waals surface area (Å²) in [5.74, 6) is -1.26. The van der Waals surface area contributed by atoms with E-state index in [4.69, 9.17) is 10.8 Å². The molecule has 0 fully saturated rings. The standard InChI is InChI=1S/C11H10N4O3/c12-9-8(5-13-15-9)10(16)14-7-3-1-6(2-4-7)11(17)18/h1-5H,(H,14,16)(H,17,18)(H3,12,13,15). The maximum absolute atomic E-state index is 11.7. The Morgan fingerprint density at radius 1 is 1.28 bits per heavy atom. The summed E-state index contributed by atoms with van der Waals surface area (Å²) in [4.78, 5) is 22.4. The molecule has 1 amide bonds. The summed E-state index contributed by atoms with van der Waals surface area (Å²) < 4.78 is 0. The van der Waals surface area contributed by atoms with Crippen LogP contribution < -0.4 is 11.1 Å². The number of nitrogen functional groups attached to an aromatic ring is 1. The maximum atomic E-state index is 11.7. The number of carbonyl (C=O) groups is 2. The molecule has 7 heteroatoms. The first-order valence-corrected chi connectivity index (χ1v) is 5.01. The minimum absolute atomic E-state index is 0.149. The largest absolute Gasteiger partial charge is 0.478 e. The van der Waals surface area contributed by atoms with Gasteiger partial charge in [-0.3, -0.25) is 9.89 Å². The maximum Gasteiger partial charge on any atom is 0.335 e. The van der Waals surface area contributed by atoms with E-state index in [0.717, 1.165) is 0 Å². The van der Waals surface area contributed by atoms with Crippen molar-refractivity contribution in [3.8, 4) is 0 Å². The molecule has 92 valence electrons. The van der Waals surface area contributed by atoms with Crippen LogP contribution in [0.5, 0.6) is 0 Å². The van der Waals surface area contributed by atoms with Gasteiger partial charge >= 0.3 is 5.97 Å². The highest BCUT2D eigenvalue weighted by Gasteiger charge is 2.11. The highest BCUT2D eigenvalue weighted by atomic mass is 16.4. The smallest absolute Gasteiger partial charge is 0.335 e. The van der Waals surface area contributed by atoms with Crippen molar-refractivity contribution in [2.24, 2.45) is 0 Å². The van der Waals surface area contributed by atoms with E-state index in [1.165, 1.54) is 30.5 Å². The summed E-state index contributed by atoms with van der Waals surface area (Å²) in [5.41, 5.74) is 6.36. The second kappa shape index (κ2) is 4.58. The van der Waals surface area contributed by atoms with Gasteiger partial charge in [0.05, 0.1) is 11.8 Å². The van der Waals surface area contributed by atoms with Gasteiger partial charge in [-0.2, -0.15) is 5.10 Å². The van der Waals surface area contributed by atoms with E-state index < -0.39 is 11.9 Å². The van der Waals surface area contributed by atoms with Crippen LogP contribution in [0.3, 0.4) is 0 Å². The average molecular weight is 246 g/mol. The molecule has 2 rings (SSSR count). The lowest BCUT2D eigenvalue weighted by atomic mass is 10.2. The molecule has 7 nitrogen and oxygen atoms in total. The van der Waals surface area contributed by atoms with Crippen LogP contribution >= 0.6 is 0 Å². The molecule has 0 unspecified atom stereocenters. The molecule has 18 heavy (non-hydrogen) atoms. The minimum Gasteiger partial charge on any atom is -0.478 e. The van der Waals surface area contributed by atoms with Gasteiger partial charge < -0.3 is 16.2 Å². The number of carboxylic acids is 1. The molecule has 1 aromatic heterocycles. The Kier molecular flexibility index (Phi) is 2.96. The molecule has 0 aliphatic heterocycles. The molecule has 0 aliphatic carbocycles. The van der Waals surface area contributed by atoms with E-state index in [1.807, 2.05) is 0 Å². The number of carbonyl (C=O) groups excluding carboxylic acids is 1. The Morgan fingerprint density at radius 2 is 1.94 bits per heavy atom. The van der Waals surface area contributed by atoms with Gasteiger partial charge in [-0.1, -0.05) is 0 Å². The number of nitrogens with one attached hydrogen (secondary N) is 2. The van der Waals surface area contributed by atoms with Crippen LogP contribution in [0.2, 0.25) is 0 Å². The molecule has 1 aromatic carbocycles. The van der Waals surface area contributed by atoms with Gasteiger partial charge in [0.15, 0.2) is 0 Å². The summed E-state index contributed by atoms with van der Waals surface area (Å²) in [7, 11) is 0. The molecule has 0 spiro atoms. The molecule has 1 heterocycles. The third-order valence-electron chi connectivity index (χ3n) is 2.30. The molecule has 0 atom stereocenters. The second-order valence-electron chi connectivity index (χ2n) is 3.53. The first-order chi connectivity index (χ1) is 8.58. The van der Waals surface area contributed by atoms with Crippen molar-refractivity contribution < 1.29 is 14.7 Å². The SMILES string of the molecule is Nc1[nH]ncc1C(=O)Nc1ccc(C(=O)O)cc1. The van der Waals surface area contributed by atoms with Crippen molar-refractivity contribution in [2.75, 3.05) is 11.1 Å². The first-order valence-electron chi connectivity index (χ1n) is 5.01. The number of aromatic carboxylic acids is 1. The normalized spacial score (nSPS) is 10.0. The van der Waals surface area contributed by atoms with Crippen LogP contribution in [0.15, 0.2) is 30.5 Å². The molecule has 0 aliphatic rings. The van der Waals surface area contributed by atoms with Crippen LogP contribution in [0.1, 0.15) is 20.7 Å². The predicted octanol–water partition coefficient (Wildman–Crippen LogP) is 0.942. The lowest BCUT2D eigenvalue weighted by Gasteiger charge is -2.04. The summed E-state index contributed by atoms with van der Waals surface area (Å²) in [6.07, 6.45) is 1.32. The van der Waals surface area contributed by atoms with E-state index in [0.29, 0.717) is 5.69 Å². The Hall–Kier alpha value is -2.83. The number of amides is 1. The number of anilines is 2. The topological polar surface area (TPSA) is 121 Å². The van der Waals surface area contributed by atoms with Crippen LogP contribution in [-0.2, 0) is 0 Å². The van der Waals surface area contributed by atoms with Gasteiger partial charge in [-0.15, -0.1) is 0 Å². The van der Waals surface area contributed by atoms with E-state index in [1.54, 1.807) is 0 Å². The lowest BCUT2D eigenvalue weighted by molar-refractivity contribution is 0.0696. The number of benzene rings is 1. The summed E-state index contributed by atoms with van der Waals surface area (Å²) >= 11 is 0. The minimum atomic E-state index is -1.02. The first kappa shape index (κ1) is 11.6. The zero-order chi connectivity index (χ0) is 13.1. The number of H-pyrrole nitrogens is 1. The molecule has 2 aromatic rings. The van der Waals surface area contributed by atoms with E-state index in [2.05, 4.69) is 15.5 Å². The van der Waals surface area contributed by atoms with Crippen LogP contribution in [0.4, 0.5) is 11.5 Å². The van der Waals surface area contributed by atoms with Gasteiger partial charge in [0, 0.05) is 5.69 Å². The van der Waals surface area contributed by atoms with Crippen LogP contribution in [0.25, 0.3) is 0 Å². The Balaban J connectivity index is 2.13. The third-order valence-corrected chi connectivity index (χ3v) is 2.30. The number of hydrogen-bond donors (Lipinski definition) is 4. The second-order valence-corrected chi connectivity index (χ2v) is 3.53. The number of aromatic nitrogens is 2.